The van der Waals surface area contributed by atoms with Gasteiger partial charge in [-0.2, -0.15) is 0 Å². The maximum atomic E-state index is 5.93. The van der Waals surface area contributed by atoms with Gasteiger partial charge in [0.1, 0.15) is 5.82 Å². The third-order valence-electron chi connectivity index (χ3n) is 4.27. The summed E-state index contributed by atoms with van der Waals surface area (Å²) in [6, 6.07) is 1.90. The molecule has 1 aliphatic rings. The lowest BCUT2D eigenvalue weighted by Gasteiger charge is -2.25. The highest BCUT2D eigenvalue weighted by Crippen LogP contribution is 2.30. The number of hydrogen-bond acceptors (Lipinski definition) is 4. The van der Waals surface area contributed by atoms with Gasteiger partial charge in [0.05, 0.1) is 5.69 Å². The van der Waals surface area contributed by atoms with Gasteiger partial charge in [-0.15, -0.1) is 0 Å². The van der Waals surface area contributed by atoms with E-state index in [1.54, 1.807) is 13.3 Å². The van der Waals surface area contributed by atoms with Crippen molar-refractivity contribution in [3.63, 3.8) is 0 Å². The molecule has 0 saturated heterocycles. The molecule has 114 valence electrons. The van der Waals surface area contributed by atoms with Crippen molar-refractivity contribution in [2.75, 3.05) is 7.05 Å². The van der Waals surface area contributed by atoms with Crippen LogP contribution in [0.25, 0.3) is 5.57 Å². The van der Waals surface area contributed by atoms with E-state index in [4.69, 9.17) is 5.73 Å². The fraction of sp³-hybridized carbons (Fsp3) is 0.588. The lowest BCUT2D eigenvalue weighted by atomic mass is 9.81. The first kappa shape index (κ1) is 15.7. The van der Waals surface area contributed by atoms with Crippen molar-refractivity contribution < 1.29 is 0 Å². The lowest BCUT2D eigenvalue weighted by molar-refractivity contribution is 0.286. The van der Waals surface area contributed by atoms with Gasteiger partial charge in [0.25, 0.3) is 0 Å². The van der Waals surface area contributed by atoms with E-state index in [1.807, 2.05) is 19.2 Å². The molecular formula is C17H26N4. The molecule has 2 N–H and O–H groups in total. The van der Waals surface area contributed by atoms with E-state index in [2.05, 4.69) is 21.9 Å². The summed E-state index contributed by atoms with van der Waals surface area (Å²) < 4.78 is 0. The summed E-state index contributed by atoms with van der Waals surface area (Å²) >= 11 is 0. The van der Waals surface area contributed by atoms with Gasteiger partial charge in [0, 0.05) is 37.2 Å². The smallest absolute Gasteiger partial charge is 0.129 e. The van der Waals surface area contributed by atoms with Crippen molar-refractivity contribution in [3.8, 4) is 0 Å². The first-order valence-corrected chi connectivity index (χ1v) is 7.81. The number of hydrogen-bond donors (Lipinski definition) is 1. The van der Waals surface area contributed by atoms with Gasteiger partial charge >= 0.3 is 0 Å². The fourth-order valence-corrected chi connectivity index (χ4v) is 2.94. The van der Waals surface area contributed by atoms with E-state index in [0.29, 0.717) is 0 Å². The summed E-state index contributed by atoms with van der Waals surface area (Å²) in [5.41, 5.74) is 8.42. The molecule has 0 amide bonds. The van der Waals surface area contributed by atoms with Crippen LogP contribution in [-0.4, -0.2) is 23.2 Å². The number of nitrogens with zero attached hydrogens (tertiary/aromatic N) is 3. The Bertz CT molecular complexity index is 521. The molecule has 0 aromatic carbocycles. The highest BCUT2D eigenvalue weighted by molar-refractivity contribution is 6.09. The van der Waals surface area contributed by atoms with Crippen molar-refractivity contribution in [3.05, 3.63) is 29.5 Å². The van der Waals surface area contributed by atoms with Crippen molar-refractivity contribution in [1.29, 1.82) is 0 Å². The standard InChI is InChI=1S/C17H26N4/c1-12-4-6-14(7-5-12)10-17-20-9-8-16(21-17)15(11-19-3)13(2)18/h8-9,11-12,14H,4-7,10,18H2,1-3H3/b15-13-,19-11?. The predicted octanol–water partition coefficient (Wildman–Crippen LogP) is 3.24. The Hall–Kier alpha value is -1.71. The summed E-state index contributed by atoms with van der Waals surface area (Å²) in [6.45, 7) is 4.22. The third kappa shape index (κ3) is 4.38. The number of aromatic nitrogens is 2. The van der Waals surface area contributed by atoms with Crippen LogP contribution < -0.4 is 5.73 Å². The molecule has 1 aliphatic carbocycles. The normalized spacial score (nSPS) is 24.1. The van der Waals surface area contributed by atoms with Crippen LogP contribution in [-0.2, 0) is 6.42 Å². The van der Waals surface area contributed by atoms with E-state index < -0.39 is 0 Å². The van der Waals surface area contributed by atoms with Crippen LogP contribution in [0.2, 0.25) is 0 Å². The fourth-order valence-electron chi connectivity index (χ4n) is 2.94. The van der Waals surface area contributed by atoms with Gasteiger partial charge in [-0.1, -0.05) is 19.8 Å². The molecule has 0 aliphatic heterocycles. The Morgan fingerprint density at radius 3 is 2.71 bits per heavy atom. The Balaban J connectivity index is 2.12. The van der Waals surface area contributed by atoms with Crippen LogP contribution in [0.4, 0.5) is 0 Å². The molecule has 1 aromatic rings. The molecule has 0 radical (unpaired) electrons. The number of rotatable bonds is 4. The minimum Gasteiger partial charge on any atom is -0.402 e. The number of nitrogens with two attached hydrogens (primary N) is 1. The molecule has 0 spiro atoms. The zero-order valence-electron chi connectivity index (χ0n) is 13.3. The third-order valence-corrected chi connectivity index (χ3v) is 4.27. The Labute approximate surface area is 127 Å². The highest BCUT2D eigenvalue weighted by Gasteiger charge is 2.19. The summed E-state index contributed by atoms with van der Waals surface area (Å²) in [7, 11) is 1.74. The van der Waals surface area contributed by atoms with Crippen molar-refractivity contribution in [2.45, 2.75) is 46.0 Å². The molecule has 1 fully saturated rings. The van der Waals surface area contributed by atoms with Gasteiger partial charge in [-0.3, -0.25) is 4.99 Å². The molecule has 0 atom stereocenters. The minimum absolute atomic E-state index is 0.725. The van der Waals surface area contributed by atoms with Crippen LogP contribution in [0.1, 0.15) is 51.0 Å². The van der Waals surface area contributed by atoms with E-state index in [1.165, 1.54) is 25.7 Å². The van der Waals surface area contributed by atoms with Crippen LogP contribution in [0.5, 0.6) is 0 Å². The van der Waals surface area contributed by atoms with Crippen molar-refractivity contribution in [2.24, 2.45) is 22.6 Å². The first-order valence-electron chi connectivity index (χ1n) is 7.81. The van der Waals surface area contributed by atoms with Crippen LogP contribution in [0, 0.1) is 11.8 Å². The van der Waals surface area contributed by atoms with Gasteiger partial charge in [-0.25, -0.2) is 9.97 Å². The van der Waals surface area contributed by atoms with Crippen molar-refractivity contribution >= 4 is 11.8 Å². The molecule has 0 unspecified atom stereocenters. The second-order valence-electron chi connectivity index (χ2n) is 6.17. The van der Waals surface area contributed by atoms with Crippen LogP contribution in [0.3, 0.4) is 0 Å². The molecular weight excluding hydrogens is 260 g/mol. The minimum atomic E-state index is 0.725. The zero-order valence-corrected chi connectivity index (χ0v) is 13.3. The molecule has 4 heteroatoms. The van der Waals surface area contributed by atoms with E-state index in [0.717, 1.165) is 41.0 Å². The molecule has 0 bridgehead atoms. The van der Waals surface area contributed by atoms with Gasteiger partial charge in [0.15, 0.2) is 0 Å². The summed E-state index contributed by atoms with van der Waals surface area (Å²) in [5, 5.41) is 0. The van der Waals surface area contributed by atoms with Crippen LogP contribution in [0.15, 0.2) is 23.0 Å². The monoisotopic (exact) mass is 286 g/mol. The second kappa shape index (κ2) is 7.34. The van der Waals surface area contributed by atoms with E-state index in [-0.39, 0.29) is 0 Å². The maximum absolute atomic E-state index is 5.93. The van der Waals surface area contributed by atoms with Crippen LogP contribution >= 0.6 is 0 Å². The molecule has 4 nitrogen and oxygen atoms in total. The summed E-state index contributed by atoms with van der Waals surface area (Å²) in [6.07, 6.45) is 9.83. The highest BCUT2D eigenvalue weighted by atomic mass is 14.9. The van der Waals surface area contributed by atoms with E-state index >= 15 is 0 Å². The zero-order chi connectivity index (χ0) is 15.2. The first-order chi connectivity index (χ1) is 10.1. The van der Waals surface area contributed by atoms with Gasteiger partial charge in [-0.05, 0) is 37.7 Å². The maximum Gasteiger partial charge on any atom is 0.129 e. The molecule has 1 aromatic heterocycles. The van der Waals surface area contributed by atoms with E-state index in [9.17, 15) is 0 Å². The lowest BCUT2D eigenvalue weighted by Crippen LogP contribution is -2.16. The summed E-state index contributed by atoms with van der Waals surface area (Å²) in [5.74, 6) is 2.53. The Morgan fingerprint density at radius 2 is 2.10 bits per heavy atom. The average molecular weight is 286 g/mol. The topological polar surface area (TPSA) is 64.2 Å². The summed E-state index contributed by atoms with van der Waals surface area (Å²) in [4.78, 5) is 13.2. The quantitative estimate of drug-likeness (QED) is 0.864. The average Bonchev–Trinajstić information content (AvgIpc) is 2.47. The molecule has 2 rings (SSSR count). The van der Waals surface area contributed by atoms with Gasteiger partial charge < -0.3 is 5.73 Å². The Kier molecular flexibility index (Phi) is 5.48. The Morgan fingerprint density at radius 1 is 1.38 bits per heavy atom. The largest absolute Gasteiger partial charge is 0.402 e. The SMILES string of the molecule is CN=C/C(=C(\C)N)c1ccnc(CC2CCC(C)CC2)n1. The molecule has 1 heterocycles. The van der Waals surface area contributed by atoms with Gasteiger partial charge in [0.2, 0.25) is 0 Å². The predicted molar refractivity (Wildman–Crippen MR) is 88.1 cm³/mol. The van der Waals surface area contributed by atoms with Crippen molar-refractivity contribution in [1.82, 2.24) is 9.97 Å². The number of aliphatic imine (C=N–C) groups is 1. The molecule has 21 heavy (non-hydrogen) atoms. The molecule has 1 saturated carbocycles. The second-order valence-corrected chi connectivity index (χ2v) is 6.17. The number of allylic oxidation sites excluding steroid dienone is 2.